The fourth-order valence-electron chi connectivity index (χ4n) is 1.10. The third-order valence-electron chi connectivity index (χ3n) is 2.02. The van der Waals surface area contributed by atoms with Crippen LogP contribution in [0.5, 0.6) is 0 Å². The predicted octanol–water partition coefficient (Wildman–Crippen LogP) is 1.18. The largest absolute Gasteiger partial charge is 0.480 e. The molecule has 6 heteroatoms. The predicted molar refractivity (Wildman–Crippen MR) is 55.1 cm³/mol. The van der Waals surface area contributed by atoms with E-state index in [1.54, 1.807) is 0 Å². The average molecular weight is 230 g/mol. The Balaban J connectivity index is 2.43. The van der Waals surface area contributed by atoms with Crippen molar-refractivity contribution in [3.05, 3.63) is 29.8 Å². The number of halogens is 2. The van der Waals surface area contributed by atoms with E-state index in [-0.39, 0.29) is 13.0 Å². The van der Waals surface area contributed by atoms with E-state index in [9.17, 15) is 13.6 Å². The van der Waals surface area contributed by atoms with Crippen LogP contribution in [0.25, 0.3) is 0 Å². The first-order valence-corrected chi connectivity index (χ1v) is 4.68. The van der Waals surface area contributed by atoms with Crippen LogP contribution in [0, 0.1) is 11.6 Å². The van der Waals surface area contributed by atoms with Gasteiger partial charge in [-0.1, -0.05) is 0 Å². The van der Waals surface area contributed by atoms with E-state index in [1.165, 1.54) is 6.07 Å². The average Bonchev–Trinajstić information content (AvgIpc) is 2.23. The van der Waals surface area contributed by atoms with Crippen LogP contribution in [0.2, 0.25) is 0 Å². The van der Waals surface area contributed by atoms with Gasteiger partial charge < -0.3 is 16.2 Å². The lowest BCUT2D eigenvalue weighted by atomic mass is 10.2. The molecule has 0 aliphatic rings. The van der Waals surface area contributed by atoms with Crippen molar-refractivity contribution in [2.75, 3.05) is 11.9 Å². The van der Waals surface area contributed by atoms with Crippen molar-refractivity contribution in [1.82, 2.24) is 0 Å². The van der Waals surface area contributed by atoms with Crippen molar-refractivity contribution in [3.63, 3.8) is 0 Å². The molecule has 0 heterocycles. The van der Waals surface area contributed by atoms with Gasteiger partial charge in [-0.05, 0) is 24.6 Å². The van der Waals surface area contributed by atoms with Gasteiger partial charge in [0.15, 0.2) is 11.6 Å². The fraction of sp³-hybridized carbons (Fsp3) is 0.300. The monoisotopic (exact) mass is 230 g/mol. The zero-order valence-corrected chi connectivity index (χ0v) is 8.41. The molecule has 88 valence electrons. The maximum absolute atomic E-state index is 12.8. The molecule has 1 aromatic carbocycles. The van der Waals surface area contributed by atoms with Crippen LogP contribution in [0.3, 0.4) is 0 Å². The third kappa shape index (κ3) is 3.47. The maximum Gasteiger partial charge on any atom is 0.320 e. The summed E-state index contributed by atoms with van der Waals surface area (Å²) in [6, 6.07) is 2.40. The summed E-state index contributed by atoms with van der Waals surface area (Å²) in [6.07, 6.45) is 0.203. The Labute approximate surface area is 91.1 Å². The highest BCUT2D eigenvalue weighted by Gasteiger charge is 2.10. The summed E-state index contributed by atoms with van der Waals surface area (Å²) in [7, 11) is 0. The van der Waals surface area contributed by atoms with Crippen LogP contribution < -0.4 is 11.1 Å². The zero-order chi connectivity index (χ0) is 12.1. The highest BCUT2D eigenvalue weighted by atomic mass is 19.2. The lowest BCUT2D eigenvalue weighted by molar-refractivity contribution is -0.138. The number of nitrogens with two attached hydrogens (primary N) is 1. The van der Waals surface area contributed by atoms with Crippen LogP contribution in [0.1, 0.15) is 6.42 Å². The van der Waals surface area contributed by atoms with Gasteiger partial charge in [-0.25, -0.2) is 8.78 Å². The Morgan fingerprint density at radius 3 is 2.69 bits per heavy atom. The van der Waals surface area contributed by atoms with Crippen molar-refractivity contribution in [2.24, 2.45) is 5.73 Å². The van der Waals surface area contributed by atoms with Gasteiger partial charge in [0.25, 0.3) is 0 Å². The summed E-state index contributed by atoms with van der Waals surface area (Å²) in [4.78, 5) is 10.4. The molecule has 0 bridgehead atoms. The minimum atomic E-state index is -1.09. The second-order valence-corrected chi connectivity index (χ2v) is 3.29. The van der Waals surface area contributed by atoms with E-state index in [4.69, 9.17) is 10.8 Å². The molecule has 16 heavy (non-hydrogen) atoms. The first-order valence-electron chi connectivity index (χ1n) is 4.68. The fourth-order valence-corrected chi connectivity index (χ4v) is 1.10. The number of benzene rings is 1. The number of hydrogen-bond acceptors (Lipinski definition) is 3. The molecule has 0 saturated carbocycles. The van der Waals surface area contributed by atoms with E-state index in [2.05, 4.69) is 5.32 Å². The lowest BCUT2D eigenvalue weighted by Gasteiger charge is -2.09. The van der Waals surface area contributed by atoms with Gasteiger partial charge in [-0.15, -0.1) is 0 Å². The van der Waals surface area contributed by atoms with Crippen molar-refractivity contribution in [3.8, 4) is 0 Å². The molecular formula is C10H12F2N2O2. The molecule has 0 aliphatic heterocycles. The molecule has 1 rings (SSSR count). The van der Waals surface area contributed by atoms with E-state index in [0.29, 0.717) is 5.69 Å². The van der Waals surface area contributed by atoms with Gasteiger partial charge in [0.1, 0.15) is 6.04 Å². The topological polar surface area (TPSA) is 75.3 Å². The smallest absolute Gasteiger partial charge is 0.320 e. The molecule has 4 nitrogen and oxygen atoms in total. The quantitative estimate of drug-likeness (QED) is 0.710. The van der Waals surface area contributed by atoms with Crippen LogP contribution in [-0.2, 0) is 4.79 Å². The summed E-state index contributed by atoms with van der Waals surface area (Å²) < 4.78 is 25.3. The maximum atomic E-state index is 12.8. The van der Waals surface area contributed by atoms with Gasteiger partial charge in [0.05, 0.1) is 0 Å². The summed E-state index contributed by atoms with van der Waals surface area (Å²) in [5.41, 5.74) is 5.65. The van der Waals surface area contributed by atoms with Crippen molar-refractivity contribution >= 4 is 11.7 Å². The molecule has 1 atom stereocenters. The highest BCUT2D eigenvalue weighted by Crippen LogP contribution is 2.12. The number of carboxylic acids is 1. The minimum absolute atomic E-state index is 0.203. The normalized spacial score (nSPS) is 12.2. The Bertz CT molecular complexity index is 385. The van der Waals surface area contributed by atoms with Gasteiger partial charge in [-0.2, -0.15) is 0 Å². The second-order valence-electron chi connectivity index (χ2n) is 3.29. The summed E-state index contributed by atoms with van der Waals surface area (Å²) in [5, 5.41) is 11.2. The molecule has 1 aromatic rings. The second kappa shape index (κ2) is 5.41. The standard InChI is InChI=1S/C10H12F2N2O2/c11-7-2-1-6(5-8(7)12)14-4-3-9(13)10(15)16/h1-2,5,9,14H,3-4,13H2,(H,15,16). The number of aliphatic carboxylic acids is 1. The summed E-state index contributed by atoms with van der Waals surface area (Å²) in [5.74, 6) is -2.97. The number of hydrogen-bond donors (Lipinski definition) is 3. The first kappa shape index (κ1) is 12.4. The van der Waals surface area contributed by atoms with Crippen molar-refractivity contribution in [1.29, 1.82) is 0 Å². The number of rotatable bonds is 5. The molecular weight excluding hydrogens is 218 g/mol. The van der Waals surface area contributed by atoms with Gasteiger partial charge in [-0.3, -0.25) is 4.79 Å². The lowest BCUT2D eigenvalue weighted by Crippen LogP contribution is -2.32. The first-order chi connectivity index (χ1) is 7.50. The summed E-state index contributed by atoms with van der Waals surface area (Å²) >= 11 is 0. The zero-order valence-electron chi connectivity index (χ0n) is 8.41. The SMILES string of the molecule is NC(CCNc1ccc(F)c(F)c1)C(=O)O. The van der Waals surface area contributed by atoms with Crippen LogP contribution in [-0.4, -0.2) is 23.7 Å². The molecule has 0 aromatic heterocycles. The number of carboxylic acid groups (broad SMARTS) is 1. The molecule has 0 aliphatic carbocycles. The number of anilines is 1. The molecule has 4 N–H and O–H groups in total. The van der Waals surface area contributed by atoms with Crippen LogP contribution in [0.15, 0.2) is 18.2 Å². The minimum Gasteiger partial charge on any atom is -0.480 e. The molecule has 0 spiro atoms. The van der Waals surface area contributed by atoms with E-state index in [1.807, 2.05) is 0 Å². The third-order valence-corrected chi connectivity index (χ3v) is 2.02. The Morgan fingerprint density at radius 1 is 1.44 bits per heavy atom. The molecule has 1 unspecified atom stereocenters. The van der Waals surface area contributed by atoms with E-state index >= 15 is 0 Å². The van der Waals surface area contributed by atoms with E-state index < -0.39 is 23.6 Å². The molecule has 0 fully saturated rings. The Kier molecular flexibility index (Phi) is 4.19. The van der Waals surface area contributed by atoms with Crippen LogP contribution in [0.4, 0.5) is 14.5 Å². The summed E-state index contributed by atoms with van der Waals surface area (Å²) in [6.45, 7) is 0.276. The highest BCUT2D eigenvalue weighted by molar-refractivity contribution is 5.73. The molecule has 0 amide bonds. The van der Waals surface area contributed by atoms with Crippen LogP contribution >= 0.6 is 0 Å². The van der Waals surface area contributed by atoms with Crippen molar-refractivity contribution < 1.29 is 18.7 Å². The van der Waals surface area contributed by atoms with Crippen molar-refractivity contribution in [2.45, 2.75) is 12.5 Å². The van der Waals surface area contributed by atoms with Gasteiger partial charge in [0.2, 0.25) is 0 Å². The number of nitrogens with one attached hydrogen (secondary N) is 1. The molecule has 0 radical (unpaired) electrons. The van der Waals surface area contributed by atoms with Gasteiger partial charge in [0, 0.05) is 12.2 Å². The number of carbonyl (C=O) groups is 1. The molecule has 0 saturated heterocycles. The Hall–Kier alpha value is -1.69. The Morgan fingerprint density at radius 2 is 2.12 bits per heavy atom. The van der Waals surface area contributed by atoms with Gasteiger partial charge >= 0.3 is 5.97 Å². The van der Waals surface area contributed by atoms with E-state index in [0.717, 1.165) is 12.1 Å².